The third kappa shape index (κ3) is 7.74. The van der Waals surface area contributed by atoms with Gasteiger partial charge in [-0.2, -0.15) is 5.10 Å². The Kier molecular flexibility index (Phi) is 9.00. The summed E-state index contributed by atoms with van der Waals surface area (Å²) in [5, 5.41) is 10.4. The van der Waals surface area contributed by atoms with Gasteiger partial charge in [-0.05, 0) is 63.5 Å². The number of H-pyrrole nitrogens is 1. The summed E-state index contributed by atoms with van der Waals surface area (Å²) in [6.45, 7) is 2.91. The van der Waals surface area contributed by atoms with Crippen molar-refractivity contribution in [1.82, 2.24) is 25.3 Å². The van der Waals surface area contributed by atoms with E-state index in [1.807, 2.05) is 73.6 Å². The second kappa shape index (κ2) is 13.0. The molecule has 9 heteroatoms. The lowest BCUT2D eigenvalue weighted by molar-refractivity contribution is -0.122. The van der Waals surface area contributed by atoms with Gasteiger partial charge in [0.15, 0.2) is 11.5 Å². The van der Waals surface area contributed by atoms with Gasteiger partial charge < -0.3 is 24.4 Å². The quantitative estimate of drug-likeness (QED) is 0.389. The number of carbonyl (C=O) groups is 1. The van der Waals surface area contributed by atoms with Crippen molar-refractivity contribution in [2.45, 2.75) is 57.0 Å². The predicted molar refractivity (Wildman–Crippen MR) is 149 cm³/mol. The summed E-state index contributed by atoms with van der Waals surface area (Å²) in [5.41, 5.74) is 2.19. The summed E-state index contributed by atoms with van der Waals surface area (Å²) in [7, 11) is 3.83. The Labute approximate surface area is 230 Å². The number of nitrogens with zero attached hydrogens (tertiary/aromatic N) is 3. The Morgan fingerprint density at radius 2 is 1.90 bits per heavy atom. The van der Waals surface area contributed by atoms with Crippen LogP contribution in [0.2, 0.25) is 0 Å². The zero-order chi connectivity index (χ0) is 27.0. The van der Waals surface area contributed by atoms with Crippen molar-refractivity contribution in [2.24, 2.45) is 0 Å². The predicted octanol–water partition coefficient (Wildman–Crippen LogP) is 3.62. The number of amides is 1. The number of benzene rings is 2. The van der Waals surface area contributed by atoms with Crippen LogP contribution >= 0.6 is 0 Å². The van der Waals surface area contributed by atoms with E-state index in [4.69, 9.17) is 14.2 Å². The van der Waals surface area contributed by atoms with Crippen molar-refractivity contribution in [3.05, 3.63) is 72.1 Å². The van der Waals surface area contributed by atoms with Crippen LogP contribution in [0.3, 0.4) is 0 Å². The first-order valence-corrected chi connectivity index (χ1v) is 13.8. The van der Waals surface area contributed by atoms with E-state index in [-0.39, 0.29) is 18.1 Å². The third-order valence-electron chi connectivity index (χ3n) is 7.29. The van der Waals surface area contributed by atoms with Gasteiger partial charge in [0, 0.05) is 43.1 Å². The summed E-state index contributed by atoms with van der Waals surface area (Å²) in [5.74, 6) is 2.31. The first-order chi connectivity index (χ1) is 19.0. The molecule has 2 heterocycles. The summed E-state index contributed by atoms with van der Waals surface area (Å²) in [6.07, 6.45) is 5.65. The standard InChI is InChI=1S/C30H39N5O4/c1-34(2)19-30(36)32-23-8-10-25(11-9-23)35(17-24-14-15-31-33-24)18-27-21-38-28-13-12-26(16-29(28)39-27)37-20-22-6-4-3-5-7-22/h3-7,12-16,23,25,27H,8-11,17-21H2,1-2H3,(H,31,33)(H,32,36). The van der Waals surface area contributed by atoms with Crippen LogP contribution < -0.4 is 19.5 Å². The van der Waals surface area contributed by atoms with E-state index in [1.54, 1.807) is 6.20 Å². The van der Waals surface area contributed by atoms with Crippen molar-refractivity contribution < 1.29 is 19.0 Å². The number of aromatic amines is 1. The van der Waals surface area contributed by atoms with E-state index < -0.39 is 0 Å². The molecule has 0 radical (unpaired) electrons. The Morgan fingerprint density at radius 3 is 2.64 bits per heavy atom. The molecule has 5 rings (SSSR count). The molecule has 3 aromatic rings. The summed E-state index contributed by atoms with van der Waals surface area (Å²) in [6, 6.07) is 18.5. The molecule has 9 nitrogen and oxygen atoms in total. The Balaban J connectivity index is 1.19. The second-order valence-corrected chi connectivity index (χ2v) is 10.8. The van der Waals surface area contributed by atoms with Crippen LogP contribution in [-0.4, -0.2) is 77.9 Å². The van der Waals surface area contributed by atoms with E-state index in [0.29, 0.717) is 31.5 Å². The molecule has 1 saturated carbocycles. The van der Waals surface area contributed by atoms with E-state index in [2.05, 4.69) is 20.4 Å². The van der Waals surface area contributed by atoms with Gasteiger partial charge in [0.2, 0.25) is 5.91 Å². The van der Waals surface area contributed by atoms with Gasteiger partial charge in [0.05, 0.1) is 6.54 Å². The van der Waals surface area contributed by atoms with Gasteiger partial charge in [-0.3, -0.25) is 14.8 Å². The highest BCUT2D eigenvalue weighted by Gasteiger charge is 2.31. The zero-order valence-corrected chi connectivity index (χ0v) is 22.8. The molecule has 2 aliphatic rings. The maximum atomic E-state index is 12.2. The Bertz CT molecular complexity index is 1180. The lowest BCUT2D eigenvalue weighted by Gasteiger charge is -2.39. The highest BCUT2D eigenvalue weighted by molar-refractivity contribution is 5.78. The van der Waals surface area contributed by atoms with Gasteiger partial charge in [0.25, 0.3) is 0 Å². The minimum Gasteiger partial charge on any atom is -0.489 e. The van der Waals surface area contributed by atoms with E-state index >= 15 is 0 Å². The molecule has 1 aromatic heterocycles. The first-order valence-electron chi connectivity index (χ1n) is 13.8. The molecule has 208 valence electrons. The molecular weight excluding hydrogens is 494 g/mol. The molecular formula is C30H39N5O4. The topological polar surface area (TPSA) is 92.0 Å². The van der Waals surface area contributed by atoms with Crippen LogP contribution in [0.25, 0.3) is 0 Å². The number of fused-ring (bicyclic) bond motifs is 1. The van der Waals surface area contributed by atoms with Crippen molar-refractivity contribution in [1.29, 1.82) is 0 Å². The molecule has 1 aliphatic carbocycles. The number of hydrogen-bond donors (Lipinski definition) is 2. The smallest absolute Gasteiger partial charge is 0.234 e. The van der Waals surface area contributed by atoms with E-state index in [1.165, 1.54) is 0 Å². The summed E-state index contributed by atoms with van der Waals surface area (Å²) < 4.78 is 18.5. The number of ether oxygens (including phenoxy) is 3. The number of aromatic nitrogens is 2. The molecule has 0 spiro atoms. The average Bonchev–Trinajstić information content (AvgIpc) is 3.45. The van der Waals surface area contributed by atoms with Gasteiger partial charge in [0.1, 0.15) is 25.1 Å². The van der Waals surface area contributed by atoms with Crippen LogP contribution in [0, 0.1) is 0 Å². The molecule has 1 unspecified atom stereocenters. The van der Waals surface area contributed by atoms with Crippen molar-refractivity contribution in [2.75, 3.05) is 33.8 Å². The van der Waals surface area contributed by atoms with Gasteiger partial charge in [-0.25, -0.2) is 0 Å². The molecule has 0 bridgehead atoms. The lowest BCUT2D eigenvalue weighted by Crippen LogP contribution is -2.49. The molecule has 1 aliphatic heterocycles. The van der Waals surface area contributed by atoms with Crippen molar-refractivity contribution >= 4 is 5.91 Å². The van der Waals surface area contributed by atoms with Crippen LogP contribution in [0.5, 0.6) is 17.2 Å². The normalized spacial score (nSPS) is 20.7. The third-order valence-corrected chi connectivity index (χ3v) is 7.29. The summed E-state index contributed by atoms with van der Waals surface area (Å²) >= 11 is 0. The number of nitrogens with one attached hydrogen (secondary N) is 2. The number of rotatable bonds is 11. The largest absolute Gasteiger partial charge is 0.489 e. The van der Waals surface area contributed by atoms with Crippen LogP contribution in [0.15, 0.2) is 60.8 Å². The molecule has 39 heavy (non-hydrogen) atoms. The minimum atomic E-state index is -0.109. The number of likely N-dealkylation sites (N-methyl/N-ethyl adjacent to an activating group) is 1. The Morgan fingerprint density at radius 1 is 1.08 bits per heavy atom. The monoisotopic (exact) mass is 533 g/mol. The van der Waals surface area contributed by atoms with Gasteiger partial charge >= 0.3 is 0 Å². The van der Waals surface area contributed by atoms with Gasteiger partial charge in [-0.1, -0.05) is 30.3 Å². The van der Waals surface area contributed by atoms with E-state index in [9.17, 15) is 4.79 Å². The SMILES string of the molecule is CN(C)CC(=O)NC1CCC(N(Cc2ccn[nH]2)CC2COc3ccc(OCc4ccccc4)cc3O2)CC1. The van der Waals surface area contributed by atoms with Crippen molar-refractivity contribution in [3.63, 3.8) is 0 Å². The zero-order valence-electron chi connectivity index (χ0n) is 22.8. The fraction of sp³-hybridized carbons (Fsp3) is 0.467. The van der Waals surface area contributed by atoms with Crippen molar-refractivity contribution in [3.8, 4) is 17.2 Å². The highest BCUT2D eigenvalue weighted by Crippen LogP contribution is 2.36. The maximum absolute atomic E-state index is 12.2. The second-order valence-electron chi connectivity index (χ2n) is 10.8. The molecule has 2 N–H and O–H groups in total. The van der Waals surface area contributed by atoms with Crippen LogP contribution in [0.4, 0.5) is 0 Å². The highest BCUT2D eigenvalue weighted by atomic mass is 16.6. The molecule has 0 saturated heterocycles. The van der Waals surface area contributed by atoms with Gasteiger partial charge in [-0.15, -0.1) is 0 Å². The van der Waals surface area contributed by atoms with Crippen LogP contribution in [0.1, 0.15) is 36.9 Å². The summed E-state index contributed by atoms with van der Waals surface area (Å²) in [4.78, 5) is 16.6. The Hall–Kier alpha value is -3.56. The van der Waals surface area contributed by atoms with Crippen LogP contribution in [-0.2, 0) is 17.9 Å². The molecule has 1 fully saturated rings. The molecule has 1 amide bonds. The maximum Gasteiger partial charge on any atom is 0.234 e. The molecule has 1 atom stereocenters. The first kappa shape index (κ1) is 27.0. The lowest BCUT2D eigenvalue weighted by atomic mass is 9.89. The fourth-order valence-corrected chi connectivity index (χ4v) is 5.36. The minimum absolute atomic E-state index is 0.0938. The number of hydrogen-bond acceptors (Lipinski definition) is 7. The van der Waals surface area contributed by atoms with E-state index in [0.717, 1.165) is 61.5 Å². The number of carbonyl (C=O) groups excluding carboxylic acids is 1. The average molecular weight is 534 g/mol. The molecule has 2 aromatic carbocycles. The fourth-order valence-electron chi connectivity index (χ4n) is 5.36.